The highest BCUT2D eigenvalue weighted by atomic mass is 31.2. The zero-order valence-corrected chi connectivity index (χ0v) is 11.7. The molecule has 0 aromatic heterocycles. The molecule has 0 saturated heterocycles. The summed E-state index contributed by atoms with van der Waals surface area (Å²) in [7, 11) is -2.17. The van der Waals surface area contributed by atoms with Crippen LogP contribution in [0, 0.1) is 11.6 Å². The van der Waals surface area contributed by atoms with Gasteiger partial charge in [-0.25, -0.2) is 4.57 Å². The normalized spacial score (nSPS) is 12.4. The average Bonchev–Trinajstić information content (AvgIpc) is 2.29. The molecular formula is C11H19O6P. The minimum Gasteiger partial charge on any atom is -0.469 e. The number of esters is 1. The first-order chi connectivity index (χ1) is 8.47. The molecule has 0 aliphatic carbocycles. The van der Waals surface area contributed by atoms with Crippen LogP contribution in [0.2, 0.25) is 0 Å². The molecule has 0 bridgehead atoms. The van der Waals surface area contributed by atoms with Gasteiger partial charge in [-0.3, -0.25) is 13.8 Å². The van der Waals surface area contributed by atoms with Crippen LogP contribution >= 0.6 is 7.60 Å². The third-order valence-corrected chi connectivity index (χ3v) is 3.41. The van der Waals surface area contributed by atoms with Crippen LogP contribution in [0.25, 0.3) is 0 Å². The number of hydrogen-bond acceptors (Lipinski definition) is 6. The lowest BCUT2D eigenvalue weighted by atomic mass is 10.2. The summed E-state index contributed by atoms with van der Waals surface area (Å²) in [6.07, 6.45) is -1.11. The van der Waals surface area contributed by atoms with E-state index in [1.807, 2.05) is 0 Å². The van der Waals surface area contributed by atoms with E-state index in [2.05, 4.69) is 16.3 Å². The van der Waals surface area contributed by atoms with Crippen LogP contribution < -0.4 is 0 Å². The molecule has 0 amide bonds. The number of ether oxygens (including phenoxy) is 1. The van der Waals surface area contributed by atoms with Gasteiger partial charge in [0.05, 0.1) is 32.8 Å². The molecule has 1 atom stereocenters. The molecule has 0 rings (SSSR count). The van der Waals surface area contributed by atoms with Gasteiger partial charge in [0.1, 0.15) is 0 Å². The second-order valence-corrected chi connectivity index (χ2v) is 4.99. The van der Waals surface area contributed by atoms with Gasteiger partial charge in [0.25, 0.3) is 0 Å². The predicted molar refractivity (Wildman–Crippen MR) is 65.9 cm³/mol. The molecule has 1 unspecified atom stereocenters. The van der Waals surface area contributed by atoms with E-state index in [1.165, 1.54) is 7.11 Å². The largest absolute Gasteiger partial charge is 0.469 e. The van der Waals surface area contributed by atoms with E-state index in [9.17, 15) is 14.5 Å². The molecule has 0 fully saturated rings. The maximum Gasteiger partial charge on any atom is 0.405 e. The van der Waals surface area contributed by atoms with Crippen molar-refractivity contribution in [2.75, 3.05) is 20.3 Å². The maximum atomic E-state index is 11.9. The lowest BCUT2D eigenvalue weighted by Gasteiger charge is -2.10. The van der Waals surface area contributed by atoms with Gasteiger partial charge in [-0.1, -0.05) is 5.92 Å². The molecule has 0 radical (unpaired) electrons. The van der Waals surface area contributed by atoms with E-state index in [4.69, 9.17) is 9.05 Å². The fraction of sp³-hybridized carbons (Fsp3) is 0.727. The molecule has 0 saturated carbocycles. The van der Waals surface area contributed by atoms with Crippen molar-refractivity contribution in [3.8, 4) is 11.6 Å². The Balaban J connectivity index is 4.36. The van der Waals surface area contributed by atoms with Crippen LogP contribution in [0.1, 0.15) is 26.7 Å². The van der Waals surface area contributed by atoms with E-state index in [1.54, 1.807) is 13.8 Å². The van der Waals surface area contributed by atoms with Crippen LogP contribution in [0.5, 0.6) is 0 Å². The van der Waals surface area contributed by atoms with E-state index in [0.29, 0.717) is 0 Å². The van der Waals surface area contributed by atoms with Gasteiger partial charge in [-0.05, 0) is 13.8 Å². The molecule has 0 aromatic carbocycles. The fourth-order valence-corrected chi connectivity index (χ4v) is 2.22. The molecule has 7 heteroatoms. The second kappa shape index (κ2) is 9.12. The summed E-state index contributed by atoms with van der Waals surface area (Å²) < 4.78 is 26.2. The molecule has 0 aliphatic heterocycles. The van der Waals surface area contributed by atoms with Gasteiger partial charge in [0.2, 0.25) is 0 Å². The van der Waals surface area contributed by atoms with Gasteiger partial charge in [0.15, 0.2) is 0 Å². The summed E-state index contributed by atoms with van der Waals surface area (Å²) >= 11 is 0. The highest BCUT2D eigenvalue weighted by Gasteiger charge is 2.19. The molecule has 0 aromatic rings. The molecule has 6 nitrogen and oxygen atoms in total. The number of aliphatic hydroxyl groups is 1. The smallest absolute Gasteiger partial charge is 0.405 e. The first kappa shape index (κ1) is 17.1. The van der Waals surface area contributed by atoms with Crippen LogP contribution in [-0.2, 0) is 23.1 Å². The predicted octanol–water partition coefficient (Wildman–Crippen LogP) is 1.53. The van der Waals surface area contributed by atoms with Crippen molar-refractivity contribution in [1.82, 2.24) is 0 Å². The Labute approximate surface area is 107 Å². The average molecular weight is 278 g/mol. The third kappa shape index (κ3) is 7.46. The van der Waals surface area contributed by atoms with Gasteiger partial charge >= 0.3 is 13.6 Å². The first-order valence-electron chi connectivity index (χ1n) is 5.61. The van der Waals surface area contributed by atoms with E-state index < -0.39 is 19.7 Å². The van der Waals surface area contributed by atoms with Gasteiger partial charge in [0, 0.05) is 12.1 Å². The van der Waals surface area contributed by atoms with Crippen molar-refractivity contribution in [3.63, 3.8) is 0 Å². The van der Waals surface area contributed by atoms with Crippen LogP contribution in [0.3, 0.4) is 0 Å². The Bertz CT molecular complexity index is 346. The van der Waals surface area contributed by atoms with Crippen molar-refractivity contribution >= 4 is 13.6 Å². The Kier molecular flexibility index (Phi) is 8.69. The number of carbonyl (C=O) groups is 1. The monoisotopic (exact) mass is 278 g/mol. The Morgan fingerprint density at radius 3 is 2.33 bits per heavy atom. The van der Waals surface area contributed by atoms with Crippen molar-refractivity contribution in [3.05, 3.63) is 0 Å². The molecular weight excluding hydrogens is 259 g/mol. The fourth-order valence-electron chi connectivity index (χ4n) is 1.05. The quantitative estimate of drug-likeness (QED) is 0.432. The molecule has 0 spiro atoms. The summed E-state index contributed by atoms with van der Waals surface area (Å²) in [6, 6.07) is 0. The van der Waals surface area contributed by atoms with Crippen LogP contribution in [-0.4, -0.2) is 37.5 Å². The summed E-state index contributed by atoms with van der Waals surface area (Å²) in [5, 5.41) is 9.43. The molecule has 0 aliphatic rings. The van der Waals surface area contributed by atoms with Crippen molar-refractivity contribution in [2.45, 2.75) is 32.8 Å². The minimum atomic E-state index is -3.41. The molecule has 0 heterocycles. The highest BCUT2D eigenvalue weighted by molar-refractivity contribution is 7.59. The number of methoxy groups -OCH3 is 1. The van der Waals surface area contributed by atoms with Gasteiger partial charge < -0.3 is 9.84 Å². The SMILES string of the molecule is CCOP(=O)(C#CCC(O)CC(=O)OC)OCC. The van der Waals surface area contributed by atoms with Gasteiger partial charge in [-0.15, -0.1) is 0 Å². The molecule has 104 valence electrons. The molecule has 1 N–H and O–H groups in total. The van der Waals surface area contributed by atoms with E-state index >= 15 is 0 Å². The summed E-state index contributed by atoms with van der Waals surface area (Å²) in [6.45, 7) is 3.80. The lowest BCUT2D eigenvalue weighted by Crippen LogP contribution is -2.13. The van der Waals surface area contributed by atoms with Crippen LogP contribution in [0.15, 0.2) is 0 Å². The van der Waals surface area contributed by atoms with Gasteiger partial charge in [-0.2, -0.15) is 0 Å². The van der Waals surface area contributed by atoms with Crippen molar-refractivity contribution in [2.24, 2.45) is 0 Å². The summed E-state index contributed by atoms with van der Waals surface area (Å²) in [5.74, 6) is 1.98. The Hall–Kier alpha value is -0.860. The second-order valence-electron chi connectivity index (χ2n) is 3.26. The standard InChI is InChI=1S/C11H19O6P/c1-4-16-18(14,17-5-2)8-6-7-10(12)9-11(13)15-3/h10,12H,4-5,7,9H2,1-3H3. The third-order valence-electron chi connectivity index (χ3n) is 1.78. The Morgan fingerprint density at radius 1 is 1.33 bits per heavy atom. The van der Waals surface area contributed by atoms with Crippen LogP contribution in [0.4, 0.5) is 0 Å². The number of rotatable bonds is 7. The zero-order chi connectivity index (χ0) is 14.0. The minimum absolute atomic E-state index is 0.000755. The van der Waals surface area contributed by atoms with E-state index in [-0.39, 0.29) is 26.1 Å². The highest BCUT2D eigenvalue weighted by Crippen LogP contribution is 2.46. The topological polar surface area (TPSA) is 82.1 Å². The summed E-state index contributed by atoms with van der Waals surface area (Å²) in [5.41, 5.74) is 2.37. The lowest BCUT2D eigenvalue weighted by molar-refractivity contribution is -0.142. The van der Waals surface area contributed by atoms with Crippen molar-refractivity contribution in [1.29, 1.82) is 0 Å². The Morgan fingerprint density at radius 2 is 1.89 bits per heavy atom. The van der Waals surface area contributed by atoms with Crippen molar-refractivity contribution < 1.29 is 28.3 Å². The summed E-state index contributed by atoms with van der Waals surface area (Å²) in [4.78, 5) is 10.9. The number of hydrogen-bond donors (Lipinski definition) is 1. The maximum absolute atomic E-state index is 11.9. The van der Waals surface area contributed by atoms with E-state index in [0.717, 1.165) is 0 Å². The first-order valence-corrected chi connectivity index (χ1v) is 7.15. The zero-order valence-electron chi connectivity index (χ0n) is 10.8. The molecule has 18 heavy (non-hydrogen) atoms. The number of carbonyl (C=O) groups excluding carboxylic acids is 1. The number of aliphatic hydroxyl groups excluding tert-OH is 1.